The third kappa shape index (κ3) is 3.51. The highest BCUT2D eigenvalue weighted by molar-refractivity contribution is 5.86. The number of nitrogens with zero attached hydrogens (tertiary/aromatic N) is 1. The molecule has 0 radical (unpaired) electrons. The highest BCUT2D eigenvalue weighted by Crippen LogP contribution is 2.24. The summed E-state index contributed by atoms with van der Waals surface area (Å²) >= 11 is 0. The molecule has 2 aromatic carbocycles. The normalized spacial score (nSPS) is 11.9. The lowest BCUT2D eigenvalue weighted by Gasteiger charge is -2.29. The lowest BCUT2D eigenvalue weighted by Crippen LogP contribution is -2.33. The molecule has 108 valence electrons. The van der Waals surface area contributed by atoms with Crippen LogP contribution in [0.15, 0.2) is 36.4 Å². The van der Waals surface area contributed by atoms with Gasteiger partial charge in [-0.2, -0.15) is 0 Å². The topological polar surface area (TPSA) is 29.3 Å². The fourth-order valence-corrected chi connectivity index (χ4v) is 2.59. The predicted molar refractivity (Wildman–Crippen MR) is 88.7 cm³/mol. The highest BCUT2D eigenvalue weighted by atomic mass is 15.1. The SMILES string of the molecule is CC(C)CN(Cc1cc2ccccc2cc1N)C(C)C. The number of rotatable bonds is 5. The highest BCUT2D eigenvalue weighted by Gasteiger charge is 2.13. The molecular weight excluding hydrogens is 244 g/mol. The number of hydrogen-bond donors (Lipinski definition) is 1. The van der Waals surface area contributed by atoms with E-state index in [9.17, 15) is 0 Å². The molecule has 0 unspecified atom stereocenters. The van der Waals surface area contributed by atoms with Crippen LogP contribution in [0, 0.1) is 5.92 Å². The van der Waals surface area contributed by atoms with Gasteiger partial charge in [0.25, 0.3) is 0 Å². The van der Waals surface area contributed by atoms with Gasteiger partial charge in [0, 0.05) is 24.8 Å². The van der Waals surface area contributed by atoms with E-state index in [1.165, 1.54) is 16.3 Å². The molecule has 0 bridgehead atoms. The third-order valence-electron chi connectivity index (χ3n) is 3.71. The standard InChI is InChI=1S/C18H26N2/c1-13(2)11-20(14(3)4)12-17-9-15-7-5-6-8-16(15)10-18(17)19/h5-10,13-14H,11-12,19H2,1-4H3. The molecule has 0 atom stereocenters. The zero-order valence-corrected chi connectivity index (χ0v) is 13.1. The minimum atomic E-state index is 0.531. The van der Waals surface area contributed by atoms with Crippen molar-refractivity contribution in [2.75, 3.05) is 12.3 Å². The Labute approximate surface area is 122 Å². The number of benzene rings is 2. The van der Waals surface area contributed by atoms with Crippen molar-refractivity contribution in [3.63, 3.8) is 0 Å². The van der Waals surface area contributed by atoms with E-state index in [4.69, 9.17) is 5.73 Å². The summed E-state index contributed by atoms with van der Waals surface area (Å²) in [5.74, 6) is 0.666. The fourth-order valence-electron chi connectivity index (χ4n) is 2.59. The molecule has 0 fully saturated rings. The molecule has 0 aliphatic heterocycles. The minimum Gasteiger partial charge on any atom is -0.398 e. The second-order valence-corrected chi connectivity index (χ2v) is 6.32. The molecule has 2 aromatic rings. The third-order valence-corrected chi connectivity index (χ3v) is 3.71. The van der Waals surface area contributed by atoms with Crippen LogP contribution in [-0.2, 0) is 6.54 Å². The van der Waals surface area contributed by atoms with Crippen LogP contribution in [0.25, 0.3) is 10.8 Å². The molecule has 0 saturated heterocycles. The Kier molecular flexibility index (Phi) is 4.66. The first-order valence-electron chi connectivity index (χ1n) is 7.48. The van der Waals surface area contributed by atoms with Gasteiger partial charge in [-0.1, -0.05) is 38.1 Å². The minimum absolute atomic E-state index is 0.531. The zero-order valence-electron chi connectivity index (χ0n) is 13.1. The summed E-state index contributed by atoms with van der Waals surface area (Å²) in [5.41, 5.74) is 8.37. The summed E-state index contributed by atoms with van der Waals surface area (Å²) in [5, 5.41) is 2.48. The van der Waals surface area contributed by atoms with Crippen LogP contribution < -0.4 is 5.73 Å². The van der Waals surface area contributed by atoms with Crippen molar-refractivity contribution in [2.45, 2.75) is 40.3 Å². The Bertz CT molecular complexity index is 573. The quantitative estimate of drug-likeness (QED) is 0.821. The predicted octanol–water partition coefficient (Wildman–Crippen LogP) is 4.29. The second-order valence-electron chi connectivity index (χ2n) is 6.32. The molecule has 0 amide bonds. The smallest absolute Gasteiger partial charge is 0.0366 e. The Morgan fingerprint density at radius 2 is 1.60 bits per heavy atom. The van der Waals surface area contributed by atoms with Crippen LogP contribution in [0.2, 0.25) is 0 Å². The largest absolute Gasteiger partial charge is 0.398 e. The summed E-state index contributed by atoms with van der Waals surface area (Å²) in [4.78, 5) is 2.49. The van der Waals surface area contributed by atoms with Crippen molar-refractivity contribution in [2.24, 2.45) is 5.92 Å². The van der Waals surface area contributed by atoms with Gasteiger partial charge in [-0.3, -0.25) is 4.90 Å². The van der Waals surface area contributed by atoms with Gasteiger partial charge >= 0.3 is 0 Å². The summed E-state index contributed by atoms with van der Waals surface area (Å²) in [6, 6.07) is 13.3. The van der Waals surface area contributed by atoms with Crippen LogP contribution in [0.4, 0.5) is 5.69 Å². The molecule has 0 spiro atoms. The zero-order chi connectivity index (χ0) is 14.7. The van der Waals surface area contributed by atoms with Gasteiger partial charge < -0.3 is 5.73 Å². The molecule has 2 N–H and O–H groups in total. The summed E-state index contributed by atoms with van der Waals surface area (Å²) < 4.78 is 0. The van der Waals surface area contributed by atoms with Gasteiger partial charge in [0.2, 0.25) is 0 Å². The van der Waals surface area contributed by atoms with Crippen LogP contribution >= 0.6 is 0 Å². The van der Waals surface area contributed by atoms with E-state index in [1.807, 2.05) is 0 Å². The average Bonchev–Trinajstić information content (AvgIpc) is 2.38. The van der Waals surface area contributed by atoms with Crippen molar-refractivity contribution >= 4 is 16.5 Å². The number of fused-ring (bicyclic) bond motifs is 1. The van der Waals surface area contributed by atoms with E-state index < -0.39 is 0 Å². The Hall–Kier alpha value is -1.54. The van der Waals surface area contributed by atoms with Gasteiger partial charge in [0.1, 0.15) is 0 Å². The lowest BCUT2D eigenvalue weighted by atomic mass is 10.0. The number of anilines is 1. The van der Waals surface area contributed by atoms with Crippen molar-refractivity contribution < 1.29 is 0 Å². The van der Waals surface area contributed by atoms with Crippen LogP contribution in [0.3, 0.4) is 0 Å². The molecule has 0 heterocycles. The number of nitrogens with two attached hydrogens (primary N) is 1. The van der Waals surface area contributed by atoms with Crippen molar-refractivity contribution in [1.29, 1.82) is 0 Å². The summed E-state index contributed by atoms with van der Waals surface area (Å²) in [6.07, 6.45) is 0. The molecule has 2 heteroatoms. The molecular formula is C18H26N2. The maximum Gasteiger partial charge on any atom is 0.0366 e. The monoisotopic (exact) mass is 270 g/mol. The first-order valence-corrected chi connectivity index (χ1v) is 7.48. The Morgan fingerprint density at radius 3 is 2.15 bits per heavy atom. The molecule has 0 aliphatic rings. The number of hydrogen-bond acceptors (Lipinski definition) is 2. The molecule has 0 aliphatic carbocycles. The van der Waals surface area contributed by atoms with E-state index in [2.05, 4.69) is 69.0 Å². The van der Waals surface area contributed by atoms with Crippen LogP contribution in [0.1, 0.15) is 33.3 Å². The van der Waals surface area contributed by atoms with Crippen LogP contribution in [0.5, 0.6) is 0 Å². The van der Waals surface area contributed by atoms with Crippen molar-refractivity contribution in [3.8, 4) is 0 Å². The van der Waals surface area contributed by atoms with Gasteiger partial charge in [0.05, 0.1) is 0 Å². The average molecular weight is 270 g/mol. The van der Waals surface area contributed by atoms with Gasteiger partial charge in [-0.05, 0) is 48.2 Å². The van der Waals surface area contributed by atoms with E-state index in [1.54, 1.807) is 0 Å². The Balaban J connectivity index is 2.29. The summed E-state index contributed by atoms with van der Waals surface area (Å²) in [6.45, 7) is 11.0. The first kappa shape index (κ1) is 14.9. The van der Waals surface area contributed by atoms with Crippen molar-refractivity contribution in [1.82, 2.24) is 4.90 Å². The van der Waals surface area contributed by atoms with E-state index in [0.29, 0.717) is 12.0 Å². The number of nitrogen functional groups attached to an aromatic ring is 1. The summed E-state index contributed by atoms with van der Waals surface area (Å²) in [7, 11) is 0. The van der Waals surface area contributed by atoms with Gasteiger partial charge in [-0.25, -0.2) is 0 Å². The van der Waals surface area contributed by atoms with E-state index in [-0.39, 0.29) is 0 Å². The first-order chi connectivity index (χ1) is 9.47. The van der Waals surface area contributed by atoms with Crippen molar-refractivity contribution in [3.05, 3.63) is 42.0 Å². The van der Waals surface area contributed by atoms with E-state index >= 15 is 0 Å². The maximum atomic E-state index is 6.24. The molecule has 2 rings (SSSR count). The molecule has 20 heavy (non-hydrogen) atoms. The van der Waals surface area contributed by atoms with Crippen LogP contribution in [-0.4, -0.2) is 17.5 Å². The molecule has 2 nitrogen and oxygen atoms in total. The maximum absolute atomic E-state index is 6.24. The second kappa shape index (κ2) is 6.27. The molecule has 0 saturated carbocycles. The van der Waals surface area contributed by atoms with E-state index in [0.717, 1.165) is 18.8 Å². The van der Waals surface area contributed by atoms with Gasteiger partial charge in [-0.15, -0.1) is 0 Å². The van der Waals surface area contributed by atoms with Gasteiger partial charge in [0.15, 0.2) is 0 Å². The Morgan fingerprint density at radius 1 is 1.00 bits per heavy atom. The fraction of sp³-hybridized carbons (Fsp3) is 0.444. The lowest BCUT2D eigenvalue weighted by molar-refractivity contribution is 0.189. The molecule has 0 aromatic heterocycles.